The molecule has 0 amide bonds. The summed E-state index contributed by atoms with van der Waals surface area (Å²) < 4.78 is 10.8. The Balaban J connectivity index is 1.21. The number of ether oxygens (including phenoxy) is 1. The van der Waals surface area contributed by atoms with Gasteiger partial charge in [-0.2, -0.15) is 0 Å². The number of hydrogen-bond donors (Lipinski definition) is 0. The highest BCUT2D eigenvalue weighted by molar-refractivity contribution is 6.25. The minimum absolute atomic E-state index is 0.813. The summed E-state index contributed by atoms with van der Waals surface area (Å²) in [6, 6.07) is 44.0. The molecule has 8 aromatic rings. The Labute approximate surface area is 284 Å². The quantitative estimate of drug-likeness (QED) is 0.190. The molecule has 0 N–H and O–H groups in total. The number of rotatable bonds is 3. The van der Waals surface area contributed by atoms with E-state index >= 15 is 0 Å². The van der Waals surface area contributed by atoms with Crippen LogP contribution in [0.2, 0.25) is 0 Å². The first-order valence-electron chi connectivity index (χ1n) is 16.9. The third-order valence-electron chi connectivity index (χ3n) is 10.2. The van der Waals surface area contributed by atoms with Crippen LogP contribution in [-0.2, 0) is 0 Å². The number of fused-ring (bicyclic) bond motifs is 9. The standard InChI is InChI=1S/C46H32N2O/c1-30-35(18-11-27-49-45-20-10-8-15-36(30)45)32-21-24-34(25-22-32)47-41-19-9-7-17-38(41)39-28-40-44(29-43(39)47)48(33-13-3-2-4-14-33)42-26-23-31-12-5-6-16-37(31)46(40)42/h2-3,5-13,15-29H,1,4,14H2/b27-11-,35-18+. The molecule has 10 rings (SSSR count). The molecule has 232 valence electrons. The van der Waals surface area contributed by atoms with Gasteiger partial charge < -0.3 is 13.9 Å². The number of aromatic nitrogens is 2. The first-order chi connectivity index (χ1) is 24.2. The maximum Gasteiger partial charge on any atom is 0.134 e. The molecular formula is C46H32N2O. The Kier molecular flexibility index (Phi) is 6.16. The zero-order valence-electron chi connectivity index (χ0n) is 26.9. The van der Waals surface area contributed by atoms with E-state index in [1.165, 1.54) is 60.1 Å². The van der Waals surface area contributed by atoms with Gasteiger partial charge in [0.1, 0.15) is 5.75 Å². The number of nitrogens with zero attached hydrogens (tertiary/aromatic N) is 2. The molecule has 6 aromatic carbocycles. The van der Waals surface area contributed by atoms with Crippen molar-refractivity contribution in [2.24, 2.45) is 0 Å². The van der Waals surface area contributed by atoms with E-state index in [4.69, 9.17) is 4.74 Å². The van der Waals surface area contributed by atoms with Crippen LogP contribution in [0.3, 0.4) is 0 Å². The van der Waals surface area contributed by atoms with Crippen LogP contribution in [0.25, 0.3) is 76.9 Å². The van der Waals surface area contributed by atoms with Gasteiger partial charge in [-0.15, -0.1) is 0 Å². The monoisotopic (exact) mass is 628 g/mol. The third kappa shape index (κ3) is 4.22. The Morgan fingerprint density at radius 1 is 0.592 bits per heavy atom. The van der Waals surface area contributed by atoms with Crippen molar-refractivity contribution in [3.8, 4) is 11.4 Å². The summed E-state index contributed by atoms with van der Waals surface area (Å²) >= 11 is 0. The largest absolute Gasteiger partial charge is 0.464 e. The van der Waals surface area contributed by atoms with Crippen molar-refractivity contribution < 1.29 is 4.74 Å². The van der Waals surface area contributed by atoms with Gasteiger partial charge in [0.15, 0.2) is 0 Å². The Hall–Kier alpha value is -6.32. The van der Waals surface area contributed by atoms with E-state index < -0.39 is 0 Å². The minimum Gasteiger partial charge on any atom is -0.464 e. The van der Waals surface area contributed by atoms with E-state index in [-0.39, 0.29) is 0 Å². The summed E-state index contributed by atoms with van der Waals surface area (Å²) in [5, 5.41) is 7.68. The average Bonchev–Trinajstić information content (AvgIpc) is 3.66. The fraction of sp³-hybridized carbons (Fsp3) is 0.0435. The number of benzene rings is 6. The van der Waals surface area contributed by atoms with Crippen molar-refractivity contribution in [3.05, 3.63) is 176 Å². The van der Waals surface area contributed by atoms with Gasteiger partial charge in [-0.3, -0.25) is 0 Å². The van der Waals surface area contributed by atoms with Crippen molar-refractivity contribution in [1.29, 1.82) is 0 Å². The second-order valence-corrected chi connectivity index (χ2v) is 12.9. The molecule has 0 fully saturated rings. The Morgan fingerprint density at radius 3 is 2.27 bits per heavy atom. The lowest BCUT2D eigenvalue weighted by Gasteiger charge is -2.17. The molecule has 0 atom stereocenters. The van der Waals surface area contributed by atoms with E-state index in [1.54, 1.807) is 6.26 Å². The van der Waals surface area contributed by atoms with Crippen LogP contribution in [0.15, 0.2) is 165 Å². The van der Waals surface area contributed by atoms with Gasteiger partial charge in [-0.25, -0.2) is 0 Å². The first kappa shape index (κ1) is 27.8. The number of para-hydroxylation sites is 2. The Bertz CT molecular complexity index is 2800. The summed E-state index contributed by atoms with van der Waals surface area (Å²) in [7, 11) is 0. The second kappa shape index (κ2) is 10.9. The molecule has 1 aliphatic heterocycles. The maximum absolute atomic E-state index is 5.85. The lowest BCUT2D eigenvalue weighted by Crippen LogP contribution is -1.99. The van der Waals surface area contributed by atoms with Crippen molar-refractivity contribution in [1.82, 2.24) is 9.13 Å². The highest BCUT2D eigenvalue weighted by atomic mass is 16.5. The van der Waals surface area contributed by atoms with Crippen molar-refractivity contribution in [3.63, 3.8) is 0 Å². The van der Waals surface area contributed by atoms with Crippen LogP contribution in [0, 0.1) is 0 Å². The van der Waals surface area contributed by atoms with Gasteiger partial charge in [0.05, 0.1) is 28.3 Å². The van der Waals surface area contributed by atoms with E-state index in [9.17, 15) is 0 Å². The van der Waals surface area contributed by atoms with Gasteiger partial charge >= 0.3 is 0 Å². The molecule has 3 nitrogen and oxygen atoms in total. The molecule has 3 heterocycles. The topological polar surface area (TPSA) is 19.1 Å². The minimum atomic E-state index is 0.813. The maximum atomic E-state index is 5.85. The van der Waals surface area contributed by atoms with Gasteiger partial charge in [0, 0.05) is 38.5 Å². The van der Waals surface area contributed by atoms with Gasteiger partial charge in [0.2, 0.25) is 0 Å². The fourth-order valence-corrected chi connectivity index (χ4v) is 7.99. The summed E-state index contributed by atoms with van der Waals surface area (Å²) in [5.74, 6) is 0.813. The van der Waals surface area contributed by atoms with Gasteiger partial charge in [0.25, 0.3) is 0 Å². The normalized spacial score (nSPS) is 16.4. The summed E-state index contributed by atoms with van der Waals surface area (Å²) in [6.45, 7) is 4.48. The zero-order chi connectivity index (χ0) is 32.5. The summed E-state index contributed by atoms with van der Waals surface area (Å²) in [6.07, 6.45) is 14.6. The molecule has 0 saturated heterocycles. The molecule has 0 radical (unpaired) electrons. The predicted octanol–water partition coefficient (Wildman–Crippen LogP) is 12.2. The molecule has 3 heteroatoms. The molecule has 0 unspecified atom stereocenters. The van der Waals surface area contributed by atoms with Crippen LogP contribution in [0.5, 0.6) is 5.75 Å². The molecule has 1 aliphatic carbocycles. The zero-order valence-corrected chi connectivity index (χ0v) is 26.9. The molecule has 2 aliphatic rings. The van der Waals surface area contributed by atoms with Crippen molar-refractivity contribution in [2.75, 3.05) is 0 Å². The summed E-state index contributed by atoms with van der Waals surface area (Å²) in [5.41, 5.74) is 11.5. The van der Waals surface area contributed by atoms with Gasteiger partial charge in [-0.1, -0.05) is 104 Å². The third-order valence-corrected chi connectivity index (χ3v) is 10.2. The summed E-state index contributed by atoms with van der Waals surface area (Å²) in [4.78, 5) is 0. The lowest BCUT2D eigenvalue weighted by atomic mass is 9.92. The van der Waals surface area contributed by atoms with E-state index in [1.807, 2.05) is 24.3 Å². The van der Waals surface area contributed by atoms with E-state index in [0.717, 1.165) is 46.6 Å². The van der Waals surface area contributed by atoms with Crippen LogP contribution < -0.4 is 4.74 Å². The molecule has 49 heavy (non-hydrogen) atoms. The molecule has 0 bridgehead atoms. The van der Waals surface area contributed by atoms with Crippen LogP contribution in [0.4, 0.5) is 0 Å². The predicted molar refractivity (Wildman–Crippen MR) is 207 cm³/mol. The molecule has 0 saturated carbocycles. The number of hydrogen-bond acceptors (Lipinski definition) is 1. The SMILES string of the molecule is C=C1/C(c2ccc(-n3c4ccccc4c4cc5c6c7ccccc7ccc6n(C6=CC=CCC6)c5cc43)cc2)=C\C=C/Oc2ccccc21. The average molecular weight is 629 g/mol. The first-order valence-corrected chi connectivity index (χ1v) is 16.9. The molecule has 2 aromatic heterocycles. The van der Waals surface area contributed by atoms with Crippen LogP contribution >= 0.6 is 0 Å². The van der Waals surface area contributed by atoms with Crippen molar-refractivity contribution >= 4 is 71.2 Å². The van der Waals surface area contributed by atoms with E-state index in [0.29, 0.717) is 0 Å². The van der Waals surface area contributed by atoms with Crippen LogP contribution in [-0.4, -0.2) is 9.13 Å². The highest BCUT2D eigenvalue weighted by Crippen LogP contribution is 2.43. The fourth-order valence-electron chi connectivity index (χ4n) is 7.99. The van der Waals surface area contributed by atoms with Crippen LogP contribution in [0.1, 0.15) is 24.0 Å². The second-order valence-electron chi connectivity index (χ2n) is 12.9. The van der Waals surface area contributed by atoms with E-state index in [2.05, 4.69) is 143 Å². The Morgan fingerprint density at radius 2 is 1.39 bits per heavy atom. The molecule has 0 spiro atoms. The van der Waals surface area contributed by atoms with Crippen molar-refractivity contribution in [2.45, 2.75) is 12.8 Å². The smallest absolute Gasteiger partial charge is 0.134 e. The lowest BCUT2D eigenvalue weighted by molar-refractivity contribution is 0.479. The number of allylic oxidation sites excluding steroid dienone is 8. The highest BCUT2D eigenvalue weighted by Gasteiger charge is 2.21. The molecular weight excluding hydrogens is 597 g/mol. The van der Waals surface area contributed by atoms with Gasteiger partial charge in [-0.05, 0) is 94.9 Å².